The van der Waals surface area contributed by atoms with Gasteiger partial charge in [-0.25, -0.2) is 4.98 Å². The molecular weight excluding hydrogens is 360 g/mol. The summed E-state index contributed by atoms with van der Waals surface area (Å²) < 4.78 is 0. The Balaban J connectivity index is 1.58. The summed E-state index contributed by atoms with van der Waals surface area (Å²) in [6.07, 6.45) is 5.10. The van der Waals surface area contributed by atoms with Gasteiger partial charge in [0.05, 0.1) is 34.2 Å². The number of aromatic nitrogens is 3. The SMILES string of the molecule is O=C(Nc1cnc2ccccc2c1)c1cc(-c2ccncc2)nc2ccccc12. The number of pyridine rings is 3. The van der Waals surface area contributed by atoms with Gasteiger partial charge in [-0.3, -0.25) is 14.8 Å². The Morgan fingerprint density at radius 1 is 0.828 bits per heavy atom. The summed E-state index contributed by atoms with van der Waals surface area (Å²) in [6, 6.07) is 23.0. The summed E-state index contributed by atoms with van der Waals surface area (Å²) >= 11 is 0. The molecule has 5 aromatic rings. The van der Waals surface area contributed by atoms with Gasteiger partial charge < -0.3 is 5.32 Å². The van der Waals surface area contributed by atoms with Crippen LogP contribution >= 0.6 is 0 Å². The molecule has 3 aromatic heterocycles. The molecule has 138 valence electrons. The van der Waals surface area contributed by atoms with E-state index in [4.69, 9.17) is 4.98 Å². The minimum absolute atomic E-state index is 0.198. The largest absolute Gasteiger partial charge is 0.321 e. The maximum absolute atomic E-state index is 13.2. The van der Waals surface area contributed by atoms with Crippen molar-refractivity contribution in [3.63, 3.8) is 0 Å². The van der Waals surface area contributed by atoms with Crippen LogP contribution in [0.25, 0.3) is 33.1 Å². The number of carbonyl (C=O) groups is 1. The van der Waals surface area contributed by atoms with Gasteiger partial charge in [-0.05, 0) is 36.4 Å². The van der Waals surface area contributed by atoms with Crippen molar-refractivity contribution in [3.8, 4) is 11.3 Å². The molecule has 2 aromatic carbocycles. The number of benzene rings is 2. The monoisotopic (exact) mass is 376 g/mol. The summed E-state index contributed by atoms with van der Waals surface area (Å²) in [5.41, 5.74) is 4.51. The van der Waals surface area contributed by atoms with Gasteiger partial charge in [0.2, 0.25) is 0 Å². The van der Waals surface area contributed by atoms with Crippen molar-refractivity contribution in [1.82, 2.24) is 15.0 Å². The Morgan fingerprint density at radius 3 is 2.45 bits per heavy atom. The molecule has 0 radical (unpaired) electrons. The quantitative estimate of drug-likeness (QED) is 0.476. The second kappa shape index (κ2) is 7.13. The molecule has 0 aliphatic carbocycles. The highest BCUT2D eigenvalue weighted by Crippen LogP contribution is 2.25. The second-order valence-electron chi connectivity index (χ2n) is 6.68. The molecule has 5 heteroatoms. The van der Waals surface area contributed by atoms with E-state index in [1.54, 1.807) is 18.6 Å². The smallest absolute Gasteiger partial charge is 0.256 e. The van der Waals surface area contributed by atoms with Gasteiger partial charge in [0.25, 0.3) is 5.91 Å². The number of fused-ring (bicyclic) bond motifs is 2. The number of rotatable bonds is 3. The van der Waals surface area contributed by atoms with Gasteiger partial charge in [-0.2, -0.15) is 0 Å². The molecule has 0 fully saturated rings. The van der Waals surface area contributed by atoms with Crippen molar-refractivity contribution >= 4 is 33.4 Å². The fourth-order valence-electron chi connectivity index (χ4n) is 3.37. The first-order valence-electron chi connectivity index (χ1n) is 9.24. The van der Waals surface area contributed by atoms with E-state index in [9.17, 15) is 4.79 Å². The average molecular weight is 376 g/mol. The van der Waals surface area contributed by atoms with Gasteiger partial charge in [-0.1, -0.05) is 36.4 Å². The molecular formula is C24H16N4O. The molecule has 0 aliphatic rings. The van der Waals surface area contributed by atoms with E-state index in [0.29, 0.717) is 11.3 Å². The lowest BCUT2D eigenvalue weighted by molar-refractivity contribution is 0.102. The normalized spacial score (nSPS) is 10.9. The van der Waals surface area contributed by atoms with E-state index < -0.39 is 0 Å². The molecule has 5 rings (SSSR count). The topological polar surface area (TPSA) is 67.8 Å². The number of carbonyl (C=O) groups excluding carboxylic acids is 1. The third-order valence-corrected chi connectivity index (χ3v) is 4.79. The maximum atomic E-state index is 13.2. The number of para-hydroxylation sites is 2. The average Bonchev–Trinajstić information content (AvgIpc) is 2.79. The number of hydrogen-bond donors (Lipinski definition) is 1. The van der Waals surface area contributed by atoms with Crippen LogP contribution in [0.2, 0.25) is 0 Å². The first-order valence-corrected chi connectivity index (χ1v) is 9.24. The van der Waals surface area contributed by atoms with Crippen molar-refractivity contribution in [2.24, 2.45) is 0 Å². The lowest BCUT2D eigenvalue weighted by atomic mass is 10.0. The van der Waals surface area contributed by atoms with Gasteiger partial charge in [0.1, 0.15) is 0 Å². The number of nitrogens with zero attached hydrogens (tertiary/aromatic N) is 3. The summed E-state index contributed by atoms with van der Waals surface area (Å²) in [5.74, 6) is -0.198. The number of amides is 1. The van der Waals surface area contributed by atoms with Gasteiger partial charge in [0, 0.05) is 28.7 Å². The van der Waals surface area contributed by atoms with Crippen LogP contribution < -0.4 is 5.32 Å². The van der Waals surface area contributed by atoms with Crippen LogP contribution in [0.4, 0.5) is 5.69 Å². The Kier molecular flexibility index (Phi) is 4.18. The molecule has 0 atom stereocenters. The molecule has 3 heterocycles. The van der Waals surface area contributed by atoms with E-state index in [-0.39, 0.29) is 5.91 Å². The predicted octanol–water partition coefficient (Wildman–Crippen LogP) is 5.10. The lowest BCUT2D eigenvalue weighted by Crippen LogP contribution is -2.13. The van der Waals surface area contributed by atoms with Crippen molar-refractivity contribution in [2.45, 2.75) is 0 Å². The molecule has 0 unspecified atom stereocenters. The van der Waals surface area contributed by atoms with Crippen molar-refractivity contribution in [1.29, 1.82) is 0 Å². The maximum Gasteiger partial charge on any atom is 0.256 e. The fraction of sp³-hybridized carbons (Fsp3) is 0. The van der Waals surface area contributed by atoms with E-state index >= 15 is 0 Å². The Labute approximate surface area is 167 Å². The molecule has 0 saturated heterocycles. The van der Waals surface area contributed by atoms with E-state index in [0.717, 1.165) is 33.1 Å². The minimum atomic E-state index is -0.198. The molecule has 1 N–H and O–H groups in total. The van der Waals surface area contributed by atoms with Crippen molar-refractivity contribution < 1.29 is 4.79 Å². The predicted molar refractivity (Wildman–Crippen MR) is 115 cm³/mol. The van der Waals surface area contributed by atoms with E-state index in [1.165, 1.54) is 0 Å². The summed E-state index contributed by atoms with van der Waals surface area (Å²) in [6.45, 7) is 0. The Bertz CT molecular complexity index is 1350. The first-order chi connectivity index (χ1) is 14.3. The second-order valence-corrected chi connectivity index (χ2v) is 6.68. The summed E-state index contributed by atoms with van der Waals surface area (Å²) in [5, 5.41) is 4.76. The van der Waals surface area contributed by atoms with Crippen molar-refractivity contribution in [2.75, 3.05) is 5.32 Å². The van der Waals surface area contributed by atoms with Crippen LogP contribution in [0.3, 0.4) is 0 Å². The van der Waals surface area contributed by atoms with E-state index in [1.807, 2.05) is 72.8 Å². The highest BCUT2D eigenvalue weighted by Gasteiger charge is 2.14. The zero-order valence-electron chi connectivity index (χ0n) is 15.4. The molecule has 0 aliphatic heterocycles. The molecule has 1 amide bonds. The zero-order chi connectivity index (χ0) is 19.6. The lowest BCUT2D eigenvalue weighted by Gasteiger charge is -2.11. The van der Waals surface area contributed by atoms with E-state index in [2.05, 4.69) is 15.3 Å². The molecule has 0 bridgehead atoms. The van der Waals surface area contributed by atoms with Crippen molar-refractivity contribution in [3.05, 3.63) is 97.0 Å². The van der Waals surface area contributed by atoms with Crippen LogP contribution in [-0.2, 0) is 0 Å². The van der Waals surface area contributed by atoms with Gasteiger partial charge in [0.15, 0.2) is 0 Å². The Morgan fingerprint density at radius 2 is 1.59 bits per heavy atom. The highest BCUT2D eigenvalue weighted by molar-refractivity contribution is 6.13. The van der Waals surface area contributed by atoms with Crippen LogP contribution in [-0.4, -0.2) is 20.9 Å². The number of anilines is 1. The fourth-order valence-corrected chi connectivity index (χ4v) is 3.37. The molecule has 5 nitrogen and oxygen atoms in total. The third kappa shape index (κ3) is 3.30. The van der Waals surface area contributed by atoms with Crippen LogP contribution in [0.1, 0.15) is 10.4 Å². The highest BCUT2D eigenvalue weighted by atomic mass is 16.1. The Hall–Kier alpha value is -4.12. The van der Waals surface area contributed by atoms with Crippen LogP contribution in [0.5, 0.6) is 0 Å². The van der Waals surface area contributed by atoms with Crippen LogP contribution in [0, 0.1) is 0 Å². The standard InChI is InChI=1S/C24H16N4O/c29-24(27-18-13-17-5-1-3-7-21(17)26-15-18)20-14-23(16-9-11-25-12-10-16)28-22-8-4-2-6-19(20)22/h1-15H,(H,27,29). The molecule has 29 heavy (non-hydrogen) atoms. The summed E-state index contributed by atoms with van der Waals surface area (Å²) in [4.78, 5) is 26.4. The van der Waals surface area contributed by atoms with Gasteiger partial charge >= 0.3 is 0 Å². The molecule has 0 saturated carbocycles. The zero-order valence-corrected chi connectivity index (χ0v) is 15.4. The third-order valence-electron chi connectivity index (χ3n) is 4.79. The number of hydrogen-bond acceptors (Lipinski definition) is 4. The van der Waals surface area contributed by atoms with Gasteiger partial charge in [-0.15, -0.1) is 0 Å². The first kappa shape index (κ1) is 17.0. The minimum Gasteiger partial charge on any atom is -0.321 e. The van der Waals surface area contributed by atoms with Crippen LogP contribution in [0.15, 0.2) is 91.4 Å². The number of nitrogens with one attached hydrogen (secondary N) is 1. The molecule has 0 spiro atoms. The summed E-state index contributed by atoms with van der Waals surface area (Å²) in [7, 11) is 0.